The maximum Gasteiger partial charge on any atom is 0.254 e. The van der Waals surface area contributed by atoms with E-state index in [0.29, 0.717) is 12.5 Å². The molecule has 0 unspecified atom stereocenters. The minimum Gasteiger partial charge on any atom is -0.352 e. The molecule has 1 amide bonds. The van der Waals surface area contributed by atoms with Gasteiger partial charge in [-0.1, -0.05) is 0 Å². The average Bonchev–Trinajstić information content (AvgIpc) is 2.31. The summed E-state index contributed by atoms with van der Waals surface area (Å²) in [5, 5.41) is 10.5. The molecule has 0 aromatic heterocycles. The van der Waals surface area contributed by atoms with Crippen molar-refractivity contribution >= 4 is 5.91 Å². The van der Waals surface area contributed by atoms with Crippen LogP contribution in [-0.4, -0.2) is 12.5 Å². The molecule has 1 aromatic carbocycles. The Kier molecular flexibility index (Phi) is 4.52. The SMILES string of the molecule is N#CCCCNC(=O)c1ccc(F)c(F)c1F. The van der Waals surface area contributed by atoms with E-state index in [9.17, 15) is 18.0 Å². The summed E-state index contributed by atoms with van der Waals surface area (Å²) in [6, 6.07) is 3.43. The first-order valence-electron chi connectivity index (χ1n) is 4.86. The summed E-state index contributed by atoms with van der Waals surface area (Å²) >= 11 is 0. The average molecular weight is 242 g/mol. The number of unbranched alkanes of at least 4 members (excludes halogenated alkanes) is 1. The third-order valence-electron chi connectivity index (χ3n) is 2.03. The maximum atomic E-state index is 13.2. The maximum absolute atomic E-state index is 13.2. The quantitative estimate of drug-likeness (QED) is 0.649. The molecule has 1 N–H and O–H groups in total. The second-order valence-corrected chi connectivity index (χ2v) is 3.24. The van der Waals surface area contributed by atoms with Crippen LogP contribution in [0.3, 0.4) is 0 Å². The summed E-state index contributed by atoms with van der Waals surface area (Å²) in [6.07, 6.45) is 0.661. The summed E-state index contributed by atoms with van der Waals surface area (Å²) in [4.78, 5) is 11.4. The first-order valence-corrected chi connectivity index (χ1v) is 4.86. The lowest BCUT2D eigenvalue weighted by Gasteiger charge is -2.05. The van der Waals surface area contributed by atoms with Crippen molar-refractivity contribution < 1.29 is 18.0 Å². The first-order chi connectivity index (χ1) is 8.07. The molecule has 0 saturated heterocycles. The number of carbonyl (C=O) groups excluding carboxylic acids is 1. The molecule has 1 aromatic rings. The molecule has 0 aliphatic heterocycles. The van der Waals surface area contributed by atoms with Gasteiger partial charge in [0.1, 0.15) is 0 Å². The normalized spacial score (nSPS) is 9.76. The number of hydrogen-bond acceptors (Lipinski definition) is 2. The van der Waals surface area contributed by atoms with Gasteiger partial charge in [-0.05, 0) is 18.6 Å². The number of hydrogen-bond donors (Lipinski definition) is 1. The van der Waals surface area contributed by atoms with Gasteiger partial charge in [0.25, 0.3) is 5.91 Å². The van der Waals surface area contributed by atoms with E-state index < -0.39 is 28.9 Å². The van der Waals surface area contributed by atoms with E-state index in [1.54, 1.807) is 0 Å². The molecule has 6 heteroatoms. The van der Waals surface area contributed by atoms with E-state index >= 15 is 0 Å². The predicted molar refractivity (Wildman–Crippen MR) is 53.5 cm³/mol. The highest BCUT2D eigenvalue weighted by Gasteiger charge is 2.18. The molecule has 0 spiro atoms. The van der Waals surface area contributed by atoms with Crippen molar-refractivity contribution in [2.24, 2.45) is 0 Å². The Morgan fingerprint density at radius 1 is 1.29 bits per heavy atom. The number of carbonyl (C=O) groups is 1. The van der Waals surface area contributed by atoms with Crippen LogP contribution < -0.4 is 5.32 Å². The van der Waals surface area contributed by atoms with Crippen molar-refractivity contribution in [1.82, 2.24) is 5.32 Å². The van der Waals surface area contributed by atoms with E-state index in [4.69, 9.17) is 5.26 Å². The van der Waals surface area contributed by atoms with Crippen LogP contribution in [0.25, 0.3) is 0 Å². The third kappa shape index (κ3) is 3.21. The van der Waals surface area contributed by atoms with Crippen LogP contribution in [0.1, 0.15) is 23.2 Å². The Morgan fingerprint density at radius 3 is 2.65 bits per heavy atom. The zero-order valence-corrected chi connectivity index (χ0v) is 8.77. The minimum absolute atomic E-state index is 0.171. The molecule has 0 fully saturated rings. The molecule has 0 atom stereocenters. The second-order valence-electron chi connectivity index (χ2n) is 3.24. The first kappa shape index (κ1) is 13.0. The summed E-state index contributed by atoms with van der Waals surface area (Å²) in [5.41, 5.74) is -0.555. The van der Waals surface area contributed by atoms with E-state index in [1.807, 2.05) is 6.07 Å². The van der Waals surface area contributed by atoms with Crippen LogP contribution in [0.4, 0.5) is 13.2 Å². The Morgan fingerprint density at radius 2 is 2.00 bits per heavy atom. The standard InChI is InChI=1S/C11H9F3N2O/c12-8-4-3-7(9(13)10(8)14)11(17)16-6-2-1-5-15/h3-4H,1-2,6H2,(H,16,17). The lowest BCUT2D eigenvalue weighted by molar-refractivity contribution is 0.0948. The van der Waals surface area contributed by atoms with E-state index in [2.05, 4.69) is 5.32 Å². The molecule has 0 heterocycles. The fourth-order valence-corrected chi connectivity index (χ4v) is 1.17. The van der Waals surface area contributed by atoms with Crippen LogP contribution in [-0.2, 0) is 0 Å². The van der Waals surface area contributed by atoms with Gasteiger partial charge >= 0.3 is 0 Å². The molecule has 1 rings (SSSR count). The summed E-state index contributed by atoms with van der Waals surface area (Å²) in [7, 11) is 0. The lowest BCUT2D eigenvalue weighted by atomic mass is 10.2. The van der Waals surface area contributed by atoms with Crippen LogP contribution in [0.5, 0.6) is 0 Å². The smallest absolute Gasteiger partial charge is 0.254 e. The van der Waals surface area contributed by atoms with E-state index in [0.717, 1.165) is 6.07 Å². The number of benzene rings is 1. The third-order valence-corrected chi connectivity index (χ3v) is 2.03. The predicted octanol–water partition coefficient (Wildman–Crippen LogP) is 2.14. The number of rotatable bonds is 4. The summed E-state index contributed by atoms with van der Waals surface area (Å²) in [5.74, 6) is -5.36. The van der Waals surface area contributed by atoms with Gasteiger partial charge in [-0.2, -0.15) is 5.26 Å². The largest absolute Gasteiger partial charge is 0.352 e. The van der Waals surface area contributed by atoms with Gasteiger partial charge in [0, 0.05) is 13.0 Å². The Bertz CT molecular complexity index is 469. The molecule has 0 saturated carbocycles. The van der Waals surface area contributed by atoms with Crippen molar-refractivity contribution in [1.29, 1.82) is 5.26 Å². The number of nitriles is 1. The molecule has 90 valence electrons. The van der Waals surface area contributed by atoms with Crippen molar-refractivity contribution in [3.8, 4) is 6.07 Å². The van der Waals surface area contributed by atoms with Crippen molar-refractivity contribution in [3.05, 3.63) is 35.1 Å². The Balaban J connectivity index is 2.70. The van der Waals surface area contributed by atoms with Gasteiger partial charge in [0.05, 0.1) is 11.6 Å². The fraction of sp³-hybridized carbons (Fsp3) is 0.273. The molecular formula is C11H9F3N2O. The Labute approximate surface area is 95.9 Å². The topological polar surface area (TPSA) is 52.9 Å². The van der Waals surface area contributed by atoms with Crippen molar-refractivity contribution in [2.45, 2.75) is 12.8 Å². The fourth-order valence-electron chi connectivity index (χ4n) is 1.17. The lowest BCUT2D eigenvalue weighted by Crippen LogP contribution is -2.25. The molecule has 0 aliphatic carbocycles. The molecular weight excluding hydrogens is 233 g/mol. The van der Waals surface area contributed by atoms with E-state index in [1.165, 1.54) is 0 Å². The van der Waals surface area contributed by atoms with Gasteiger partial charge in [-0.15, -0.1) is 0 Å². The molecule has 0 aliphatic rings. The molecule has 3 nitrogen and oxygen atoms in total. The number of halogens is 3. The van der Waals surface area contributed by atoms with Gasteiger partial charge in [0.15, 0.2) is 17.5 Å². The molecule has 17 heavy (non-hydrogen) atoms. The summed E-state index contributed by atoms with van der Waals surface area (Å²) in [6.45, 7) is 0.171. The highest BCUT2D eigenvalue weighted by molar-refractivity contribution is 5.94. The highest BCUT2D eigenvalue weighted by atomic mass is 19.2. The van der Waals surface area contributed by atoms with Crippen molar-refractivity contribution in [3.63, 3.8) is 0 Å². The van der Waals surface area contributed by atoms with Crippen LogP contribution in [0.15, 0.2) is 12.1 Å². The number of amides is 1. The second kappa shape index (κ2) is 5.89. The van der Waals surface area contributed by atoms with Crippen molar-refractivity contribution in [2.75, 3.05) is 6.54 Å². The zero-order chi connectivity index (χ0) is 12.8. The van der Waals surface area contributed by atoms with Gasteiger partial charge in [0.2, 0.25) is 0 Å². The van der Waals surface area contributed by atoms with Crippen LogP contribution in [0, 0.1) is 28.8 Å². The van der Waals surface area contributed by atoms with E-state index in [-0.39, 0.29) is 13.0 Å². The Hall–Kier alpha value is -2.03. The molecule has 0 bridgehead atoms. The van der Waals surface area contributed by atoms with Crippen LogP contribution >= 0.6 is 0 Å². The van der Waals surface area contributed by atoms with Crippen LogP contribution in [0.2, 0.25) is 0 Å². The number of nitrogens with one attached hydrogen (secondary N) is 1. The van der Waals surface area contributed by atoms with Gasteiger partial charge < -0.3 is 5.32 Å². The number of nitrogens with zero attached hydrogens (tertiary/aromatic N) is 1. The molecule has 0 radical (unpaired) electrons. The minimum atomic E-state index is -1.67. The van der Waals surface area contributed by atoms with Gasteiger partial charge in [-0.25, -0.2) is 13.2 Å². The summed E-state index contributed by atoms with van der Waals surface area (Å²) < 4.78 is 38.6. The highest BCUT2D eigenvalue weighted by Crippen LogP contribution is 2.14. The van der Waals surface area contributed by atoms with Gasteiger partial charge in [-0.3, -0.25) is 4.79 Å². The zero-order valence-electron chi connectivity index (χ0n) is 8.77. The monoisotopic (exact) mass is 242 g/mol.